The molecule has 3 N–H and O–H groups in total. The fraction of sp³-hybridized carbons (Fsp3) is 0.355. The molecule has 194 valence electrons. The van der Waals surface area contributed by atoms with Gasteiger partial charge < -0.3 is 20.7 Å². The predicted molar refractivity (Wildman–Crippen MR) is 147 cm³/mol. The summed E-state index contributed by atoms with van der Waals surface area (Å²) in [5.41, 5.74) is 9.93. The Bertz CT molecular complexity index is 1150. The molecule has 6 heteroatoms. The van der Waals surface area contributed by atoms with E-state index in [1.165, 1.54) is 0 Å². The third-order valence-corrected chi connectivity index (χ3v) is 6.76. The zero-order chi connectivity index (χ0) is 26.0. The molecule has 6 nitrogen and oxygen atoms in total. The summed E-state index contributed by atoms with van der Waals surface area (Å²) in [6.45, 7) is 3.71. The Hall–Kier alpha value is -3.64. The Morgan fingerprint density at radius 2 is 1.54 bits per heavy atom. The van der Waals surface area contributed by atoms with E-state index in [1.807, 2.05) is 54.6 Å². The Morgan fingerprint density at radius 1 is 0.865 bits per heavy atom. The number of piperazine rings is 1. The summed E-state index contributed by atoms with van der Waals surface area (Å²) in [7, 11) is 0. The van der Waals surface area contributed by atoms with Crippen LogP contribution >= 0.6 is 0 Å². The number of nitrogens with one attached hydrogen (secondary N) is 1. The van der Waals surface area contributed by atoms with E-state index in [0.717, 1.165) is 47.3 Å². The van der Waals surface area contributed by atoms with Crippen molar-refractivity contribution in [2.75, 3.05) is 13.2 Å². The van der Waals surface area contributed by atoms with Gasteiger partial charge >= 0.3 is 0 Å². The quantitative estimate of drug-likeness (QED) is 0.354. The van der Waals surface area contributed by atoms with Crippen molar-refractivity contribution in [3.05, 3.63) is 90.0 Å². The first-order valence-corrected chi connectivity index (χ1v) is 13.3. The number of unbranched alkanes of at least 4 members (excludes halogenated alkanes) is 1. The van der Waals surface area contributed by atoms with Gasteiger partial charge in [0.1, 0.15) is 17.8 Å². The fourth-order valence-corrected chi connectivity index (χ4v) is 4.73. The number of carbonyl (C=O) groups excluding carboxylic acids is 2. The zero-order valence-electron chi connectivity index (χ0n) is 21.6. The number of carbonyl (C=O) groups is 2. The summed E-state index contributed by atoms with van der Waals surface area (Å²) in [6.07, 6.45) is 3.62. The average Bonchev–Trinajstić information content (AvgIpc) is 2.93. The van der Waals surface area contributed by atoms with Crippen LogP contribution in [0.25, 0.3) is 11.1 Å². The second-order valence-corrected chi connectivity index (χ2v) is 9.59. The standard InChI is InChI=1S/C31H37N3O3/c1-2-20-37-27-17-13-23(14-18-27)21-28-31(36)34(29(30(35)33-28)10-6-7-19-32)22-24-11-15-26(16-12-24)25-8-4-3-5-9-25/h3-5,8-9,11-18,28-29H,2,6-7,10,19-22,32H2,1H3,(H,33,35). The van der Waals surface area contributed by atoms with E-state index < -0.39 is 12.1 Å². The molecular formula is C31H37N3O3. The number of amides is 2. The van der Waals surface area contributed by atoms with Crippen molar-refractivity contribution < 1.29 is 14.3 Å². The highest BCUT2D eigenvalue weighted by atomic mass is 16.5. The van der Waals surface area contributed by atoms with Crippen molar-refractivity contribution in [1.82, 2.24) is 10.2 Å². The van der Waals surface area contributed by atoms with Gasteiger partial charge in [-0.3, -0.25) is 9.59 Å². The molecule has 1 saturated heterocycles. The Kier molecular flexibility index (Phi) is 9.33. The highest BCUT2D eigenvalue weighted by Crippen LogP contribution is 2.24. The smallest absolute Gasteiger partial charge is 0.246 e. The molecule has 0 aliphatic carbocycles. The Morgan fingerprint density at radius 3 is 2.22 bits per heavy atom. The van der Waals surface area contributed by atoms with Crippen LogP contribution in [0.3, 0.4) is 0 Å². The number of nitrogens with two attached hydrogens (primary N) is 1. The van der Waals surface area contributed by atoms with E-state index in [-0.39, 0.29) is 11.8 Å². The minimum atomic E-state index is -0.593. The molecule has 1 aliphatic heterocycles. The molecule has 0 bridgehead atoms. The largest absolute Gasteiger partial charge is 0.494 e. The monoisotopic (exact) mass is 499 g/mol. The number of hydrogen-bond acceptors (Lipinski definition) is 4. The number of hydrogen-bond donors (Lipinski definition) is 2. The summed E-state index contributed by atoms with van der Waals surface area (Å²) in [4.78, 5) is 28.6. The number of rotatable bonds is 12. The number of ether oxygens (including phenoxy) is 1. The lowest BCUT2D eigenvalue weighted by Crippen LogP contribution is -2.63. The number of benzene rings is 3. The molecule has 0 aromatic heterocycles. The lowest BCUT2D eigenvalue weighted by molar-refractivity contribution is -0.150. The van der Waals surface area contributed by atoms with Gasteiger partial charge in [0.25, 0.3) is 0 Å². The van der Waals surface area contributed by atoms with Gasteiger partial charge in [0, 0.05) is 13.0 Å². The van der Waals surface area contributed by atoms with Crippen molar-refractivity contribution in [2.24, 2.45) is 5.73 Å². The molecule has 2 atom stereocenters. The van der Waals surface area contributed by atoms with Gasteiger partial charge in [-0.05, 0) is 66.6 Å². The molecule has 1 fully saturated rings. The van der Waals surface area contributed by atoms with Crippen molar-refractivity contribution >= 4 is 11.8 Å². The van der Waals surface area contributed by atoms with Crippen LogP contribution in [0.2, 0.25) is 0 Å². The lowest BCUT2D eigenvalue weighted by atomic mass is 9.96. The van der Waals surface area contributed by atoms with Crippen molar-refractivity contribution in [1.29, 1.82) is 0 Å². The lowest BCUT2D eigenvalue weighted by Gasteiger charge is -2.39. The second-order valence-electron chi connectivity index (χ2n) is 9.59. The molecule has 37 heavy (non-hydrogen) atoms. The molecule has 2 amide bonds. The van der Waals surface area contributed by atoms with Crippen LogP contribution in [0.4, 0.5) is 0 Å². The van der Waals surface area contributed by atoms with Gasteiger partial charge in [-0.15, -0.1) is 0 Å². The van der Waals surface area contributed by atoms with E-state index in [4.69, 9.17) is 10.5 Å². The molecule has 3 aromatic rings. The van der Waals surface area contributed by atoms with E-state index in [1.54, 1.807) is 4.90 Å². The average molecular weight is 500 g/mol. The summed E-state index contributed by atoms with van der Waals surface area (Å²) in [5.74, 6) is 0.673. The summed E-state index contributed by atoms with van der Waals surface area (Å²) >= 11 is 0. The number of nitrogens with zero attached hydrogens (tertiary/aromatic N) is 1. The second kappa shape index (κ2) is 13.1. The highest BCUT2D eigenvalue weighted by molar-refractivity contribution is 5.97. The van der Waals surface area contributed by atoms with Gasteiger partial charge in [-0.1, -0.05) is 73.7 Å². The SMILES string of the molecule is CCCOc1ccc(CC2NC(=O)C(CCCCN)N(Cc3ccc(-c4ccccc4)cc3)C2=O)cc1. The predicted octanol–water partition coefficient (Wildman–Crippen LogP) is 4.71. The van der Waals surface area contributed by atoms with E-state index in [9.17, 15) is 9.59 Å². The van der Waals surface area contributed by atoms with Crippen LogP contribution in [-0.2, 0) is 22.6 Å². The third kappa shape index (κ3) is 6.98. The molecule has 1 aliphatic rings. The van der Waals surface area contributed by atoms with E-state index in [0.29, 0.717) is 32.5 Å². The van der Waals surface area contributed by atoms with Gasteiger partial charge in [-0.25, -0.2) is 0 Å². The van der Waals surface area contributed by atoms with Crippen molar-refractivity contribution in [2.45, 2.75) is 57.7 Å². The minimum Gasteiger partial charge on any atom is -0.494 e. The van der Waals surface area contributed by atoms with Gasteiger partial charge in [0.05, 0.1) is 6.61 Å². The van der Waals surface area contributed by atoms with E-state index >= 15 is 0 Å². The van der Waals surface area contributed by atoms with E-state index in [2.05, 4.69) is 36.5 Å². The Labute approximate surface area is 219 Å². The maximum absolute atomic E-state index is 13.7. The van der Waals surface area contributed by atoms with Crippen LogP contribution in [0.1, 0.15) is 43.7 Å². The normalized spacial score (nSPS) is 17.5. The minimum absolute atomic E-state index is 0.0456. The molecule has 0 saturated carbocycles. The first-order chi connectivity index (χ1) is 18.1. The fourth-order valence-electron chi connectivity index (χ4n) is 4.73. The highest BCUT2D eigenvalue weighted by Gasteiger charge is 2.40. The molecular weight excluding hydrogens is 462 g/mol. The van der Waals surface area contributed by atoms with Crippen LogP contribution < -0.4 is 15.8 Å². The Balaban J connectivity index is 1.50. The molecule has 2 unspecified atom stereocenters. The van der Waals surface area contributed by atoms with Gasteiger partial charge in [0.2, 0.25) is 11.8 Å². The van der Waals surface area contributed by atoms with Crippen LogP contribution in [0, 0.1) is 0 Å². The van der Waals surface area contributed by atoms with Crippen molar-refractivity contribution in [3.8, 4) is 16.9 Å². The van der Waals surface area contributed by atoms with Crippen molar-refractivity contribution in [3.63, 3.8) is 0 Å². The molecule has 4 rings (SSSR count). The molecule has 3 aromatic carbocycles. The topological polar surface area (TPSA) is 84.7 Å². The van der Waals surface area contributed by atoms with Crippen LogP contribution in [0.15, 0.2) is 78.9 Å². The van der Waals surface area contributed by atoms with Crippen LogP contribution in [0.5, 0.6) is 5.75 Å². The van der Waals surface area contributed by atoms with Crippen LogP contribution in [-0.4, -0.2) is 41.9 Å². The zero-order valence-corrected chi connectivity index (χ0v) is 21.6. The maximum Gasteiger partial charge on any atom is 0.246 e. The summed E-state index contributed by atoms with van der Waals surface area (Å²) in [5, 5.41) is 2.99. The third-order valence-electron chi connectivity index (χ3n) is 6.76. The first-order valence-electron chi connectivity index (χ1n) is 13.3. The molecule has 0 spiro atoms. The maximum atomic E-state index is 13.7. The summed E-state index contributed by atoms with van der Waals surface area (Å²) < 4.78 is 5.67. The molecule has 1 heterocycles. The van der Waals surface area contributed by atoms with Gasteiger partial charge in [0.15, 0.2) is 0 Å². The molecule has 0 radical (unpaired) electrons. The van der Waals surface area contributed by atoms with Gasteiger partial charge in [-0.2, -0.15) is 0 Å². The summed E-state index contributed by atoms with van der Waals surface area (Å²) in [6, 6.07) is 25.1. The first kappa shape index (κ1) is 26.4.